The van der Waals surface area contributed by atoms with Gasteiger partial charge in [0.25, 0.3) is 0 Å². The number of ether oxygens (including phenoxy) is 1. The number of hydrogen-bond donors (Lipinski definition) is 1. The highest BCUT2D eigenvalue weighted by Gasteiger charge is 2.20. The molecule has 0 unspecified atom stereocenters. The van der Waals surface area contributed by atoms with E-state index < -0.39 is 11.9 Å². The van der Waals surface area contributed by atoms with E-state index in [1.807, 2.05) is 0 Å². The molecule has 0 saturated heterocycles. The molecule has 142 valence electrons. The van der Waals surface area contributed by atoms with Gasteiger partial charge >= 0.3 is 11.9 Å². The van der Waals surface area contributed by atoms with Gasteiger partial charge in [0.2, 0.25) is 0 Å². The summed E-state index contributed by atoms with van der Waals surface area (Å²) in [6, 6.07) is 6.69. The van der Waals surface area contributed by atoms with Crippen LogP contribution in [0.2, 0.25) is 0 Å². The standard InChI is InChI=1S/C17H23N3O4S2/c1-17(2,3)26-25-11-13(8-15(21)22)9-16(23)24-10-12-4-6-14(7-5-12)19-20-18/h4-7,13H,8-11H2,1-3H3,(H,21,22)/t13-/m0/s1. The molecule has 26 heavy (non-hydrogen) atoms. The van der Waals surface area contributed by atoms with Crippen LogP contribution in [0.15, 0.2) is 29.4 Å². The largest absolute Gasteiger partial charge is 0.481 e. The van der Waals surface area contributed by atoms with Crippen LogP contribution in [0.5, 0.6) is 0 Å². The van der Waals surface area contributed by atoms with E-state index in [1.54, 1.807) is 45.9 Å². The van der Waals surface area contributed by atoms with Crippen LogP contribution in [-0.4, -0.2) is 27.5 Å². The summed E-state index contributed by atoms with van der Waals surface area (Å²) >= 11 is 0. The summed E-state index contributed by atoms with van der Waals surface area (Å²) in [7, 11) is 3.25. The molecule has 0 spiro atoms. The zero-order valence-electron chi connectivity index (χ0n) is 15.0. The maximum absolute atomic E-state index is 12.0. The molecule has 0 aliphatic carbocycles. The molecule has 0 amide bonds. The minimum atomic E-state index is -0.919. The highest BCUT2D eigenvalue weighted by Crippen LogP contribution is 2.37. The van der Waals surface area contributed by atoms with Gasteiger partial charge in [0, 0.05) is 33.9 Å². The molecule has 1 aromatic rings. The topological polar surface area (TPSA) is 112 Å². The zero-order valence-corrected chi connectivity index (χ0v) is 16.7. The average molecular weight is 398 g/mol. The minimum absolute atomic E-state index is 0.0618. The van der Waals surface area contributed by atoms with Gasteiger partial charge in [-0.2, -0.15) is 0 Å². The molecule has 1 aromatic carbocycles. The van der Waals surface area contributed by atoms with Crippen LogP contribution in [-0.2, 0) is 20.9 Å². The van der Waals surface area contributed by atoms with Crippen molar-refractivity contribution in [1.29, 1.82) is 0 Å². The summed E-state index contributed by atoms with van der Waals surface area (Å²) in [5.74, 6) is -1.04. The molecular weight excluding hydrogens is 374 g/mol. The summed E-state index contributed by atoms with van der Waals surface area (Å²) in [6.07, 6.45) is 0.00841. The number of benzene rings is 1. The minimum Gasteiger partial charge on any atom is -0.481 e. The van der Waals surface area contributed by atoms with Crippen molar-refractivity contribution in [3.05, 3.63) is 40.3 Å². The van der Waals surface area contributed by atoms with E-state index in [1.165, 1.54) is 0 Å². The fourth-order valence-corrected chi connectivity index (χ4v) is 4.60. The first kappa shape index (κ1) is 22.2. The van der Waals surface area contributed by atoms with Gasteiger partial charge in [-0.25, -0.2) is 0 Å². The lowest BCUT2D eigenvalue weighted by molar-refractivity contribution is -0.146. The van der Waals surface area contributed by atoms with Crippen molar-refractivity contribution in [3.8, 4) is 0 Å². The number of carbonyl (C=O) groups is 2. The van der Waals surface area contributed by atoms with Gasteiger partial charge in [-0.05, 0) is 17.0 Å². The number of aliphatic carboxylic acids is 1. The second-order valence-electron chi connectivity index (χ2n) is 6.66. The summed E-state index contributed by atoms with van der Waals surface area (Å²) in [6.45, 7) is 6.34. The number of carbonyl (C=O) groups excluding carboxylic acids is 1. The molecule has 1 N–H and O–H groups in total. The average Bonchev–Trinajstić information content (AvgIpc) is 2.52. The Morgan fingerprint density at radius 2 is 1.92 bits per heavy atom. The smallest absolute Gasteiger partial charge is 0.306 e. The molecule has 0 radical (unpaired) electrons. The third-order valence-electron chi connectivity index (χ3n) is 3.03. The fraction of sp³-hybridized carbons (Fsp3) is 0.529. The third-order valence-corrected chi connectivity index (χ3v) is 6.51. The summed E-state index contributed by atoms with van der Waals surface area (Å²) < 4.78 is 5.31. The van der Waals surface area contributed by atoms with Crippen molar-refractivity contribution in [2.24, 2.45) is 11.0 Å². The molecule has 1 atom stereocenters. The van der Waals surface area contributed by atoms with E-state index in [0.29, 0.717) is 11.4 Å². The van der Waals surface area contributed by atoms with Crippen LogP contribution in [0, 0.1) is 5.92 Å². The maximum atomic E-state index is 12.0. The van der Waals surface area contributed by atoms with Crippen molar-refractivity contribution in [1.82, 2.24) is 0 Å². The summed E-state index contributed by atoms with van der Waals surface area (Å²) in [5.41, 5.74) is 9.61. The van der Waals surface area contributed by atoms with E-state index >= 15 is 0 Å². The van der Waals surface area contributed by atoms with E-state index in [2.05, 4.69) is 30.8 Å². The Morgan fingerprint density at radius 3 is 2.46 bits per heavy atom. The van der Waals surface area contributed by atoms with Gasteiger partial charge in [-0.3, -0.25) is 9.59 Å². The lowest BCUT2D eigenvalue weighted by atomic mass is 10.0. The first-order valence-electron chi connectivity index (χ1n) is 8.01. The molecule has 9 heteroatoms. The SMILES string of the molecule is CC(C)(C)SSC[C@@H](CC(=O)O)CC(=O)OCc1ccc(N=[N+]=[N-])cc1. The molecule has 0 aromatic heterocycles. The normalized spacial score (nSPS) is 12.1. The van der Waals surface area contributed by atoms with E-state index in [0.717, 1.165) is 5.56 Å². The van der Waals surface area contributed by atoms with Crippen molar-refractivity contribution >= 4 is 39.2 Å². The maximum Gasteiger partial charge on any atom is 0.306 e. The molecule has 0 aliphatic heterocycles. The number of nitrogens with zero attached hydrogens (tertiary/aromatic N) is 3. The number of rotatable bonds is 10. The lowest BCUT2D eigenvalue weighted by Crippen LogP contribution is -2.17. The van der Waals surface area contributed by atoms with Crippen LogP contribution < -0.4 is 0 Å². The number of carboxylic acids is 1. The Morgan fingerprint density at radius 1 is 1.27 bits per heavy atom. The lowest BCUT2D eigenvalue weighted by Gasteiger charge is -2.19. The van der Waals surface area contributed by atoms with Gasteiger partial charge in [-0.15, -0.1) is 0 Å². The number of carboxylic acid groups (broad SMARTS) is 1. The van der Waals surface area contributed by atoms with Gasteiger partial charge in [-0.1, -0.05) is 71.7 Å². The Hall–Kier alpha value is -1.83. The summed E-state index contributed by atoms with van der Waals surface area (Å²) in [4.78, 5) is 25.7. The first-order valence-corrected chi connectivity index (χ1v) is 10.3. The van der Waals surface area contributed by atoms with Crippen molar-refractivity contribution in [2.75, 3.05) is 5.75 Å². The van der Waals surface area contributed by atoms with Crippen LogP contribution >= 0.6 is 21.6 Å². The van der Waals surface area contributed by atoms with Crippen LogP contribution in [0.25, 0.3) is 10.4 Å². The van der Waals surface area contributed by atoms with Crippen LogP contribution in [0.3, 0.4) is 0 Å². The molecule has 0 saturated carbocycles. The monoisotopic (exact) mass is 397 g/mol. The Balaban J connectivity index is 2.49. The Labute approximate surface area is 160 Å². The van der Waals surface area contributed by atoms with Crippen LogP contribution in [0.1, 0.15) is 39.2 Å². The molecule has 0 bridgehead atoms. The molecular formula is C17H23N3O4S2. The van der Waals surface area contributed by atoms with Gasteiger partial charge in [0.15, 0.2) is 0 Å². The number of azide groups is 1. The summed E-state index contributed by atoms with van der Waals surface area (Å²) in [5, 5.41) is 12.5. The van der Waals surface area contributed by atoms with Gasteiger partial charge in [0.1, 0.15) is 6.61 Å². The van der Waals surface area contributed by atoms with Gasteiger partial charge < -0.3 is 9.84 Å². The van der Waals surface area contributed by atoms with Crippen molar-refractivity contribution < 1.29 is 19.4 Å². The molecule has 0 aliphatic rings. The third kappa shape index (κ3) is 10.2. The molecule has 0 heterocycles. The van der Waals surface area contributed by atoms with Gasteiger partial charge in [0.05, 0.1) is 0 Å². The van der Waals surface area contributed by atoms with E-state index in [-0.39, 0.29) is 30.1 Å². The number of hydrogen-bond acceptors (Lipinski definition) is 6. The van der Waals surface area contributed by atoms with Crippen molar-refractivity contribution in [3.63, 3.8) is 0 Å². The predicted molar refractivity (Wildman–Crippen MR) is 105 cm³/mol. The molecule has 0 fully saturated rings. The quantitative estimate of drug-likeness (QED) is 0.188. The van der Waals surface area contributed by atoms with Crippen molar-refractivity contribution in [2.45, 2.75) is 45.0 Å². The Bertz CT molecular complexity index is 653. The fourth-order valence-electron chi connectivity index (χ4n) is 1.91. The highest BCUT2D eigenvalue weighted by atomic mass is 33.1. The molecule has 1 rings (SSSR count). The predicted octanol–water partition coefficient (Wildman–Crippen LogP) is 5.33. The first-order chi connectivity index (χ1) is 12.2. The van der Waals surface area contributed by atoms with E-state index in [9.17, 15) is 9.59 Å². The second-order valence-corrected chi connectivity index (χ2v) is 9.83. The zero-order chi connectivity index (χ0) is 19.6. The van der Waals surface area contributed by atoms with E-state index in [4.69, 9.17) is 15.4 Å². The Kier molecular flexibility index (Phi) is 9.40. The molecule has 7 nitrogen and oxygen atoms in total. The number of esters is 1. The second kappa shape index (κ2) is 11.0. The highest BCUT2D eigenvalue weighted by molar-refractivity contribution is 8.77. The van der Waals surface area contributed by atoms with Crippen LogP contribution in [0.4, 0.5) is 5.69 Å².